The van der Waals surface area contributed by atoms with Gasteiger partial charge in [-0.25, -0.2) is 4.98 Å². The fraction of sp³-hybridized carbons (Fsp3) is 0.150. The maximum atomic E-state index is 4.91. The van der Waals surface area contributed by atoms with Crippen LogP contribution in [0, 0.1) is 20.8 Å². The van der Waals surface area contributed by atoms with Crippen molar-refractivity contribution in [2.75, 3.05) is 0 Å². The van der Waals surface area contributed by atoms with E-state index in [2.05, 4.69) is 69.3 Å². The molecule has 4 aromatic rings. The highest BCUT2D eigenvalue weighted by atomic mass is 14.7. The molecule has 0 saturated heterocycles. The van der Waals surface area contributed by atoms with Crippen molar-refractivity contribution in [3.63, 3.8) is 0 Å². The van der Waals surface area contributed by atoms with Gasteiger partial charge in [0.25, 0.3) is 0 Å². The van der Waals surface area contributed by atoms with Gasteiger partial charge in [0.1, 0.15) is 0 Å². The first-order chi connectivity index (χ1) is 10.1. The van der Waals surface area contributed by atoms with Crippen LogP contribution in [0.4, 0.5) is 0 Å². The third kappa shape index (κ3) is 1.74. The summed E-state index contributed by atoms with van der Waals surface area (Å²) in [7, 11) is 0. The smallest absolute Gasteiger partial charge is 0.0741 e. The largest absolute Gasteiger partial charge is 0.247 e. The van der Waals surface area contributed by atoms with Gasteiger partial charge in [0.2, 0.25) is 0 Å². The molecule has 0 bridgehead atoms. The maximum absolute atomic E-state index is 4.91. The number of para-hydroxylation sites is 1. The van der Waals surface area contributed by atoms with Crippen LogP contribution in [-0.4, -0.2) is 4.98 Å². The topological polar surface area (TPSA) is 12.9 Å². The summed E-state index contributed by atoms with van der Waals surface area (Å²) in [5, 5.41) is 5.13. The van der Waals surface area contributed by atoms with Gasteiger partial charge in [-0.05, 0) is 48.7 Å². The van der Waals surface area contributed by atoms with Gasteiger partial charge in [0, 0.05) is 10.8 Å². The molecule has 3 aromatic carbocycles. The van der Waals surface area contributed by atoms with Crippen LogP contribution in [0.25, 0.3) is 32.6 Å². The van der Waals surface area contributed by atoms with E-state index in [1.165, 1.54) is 38.2 Å². The molecule has 0 amide bonds. The lowest BCUT2D eigenvalue weighted by molar-refractivity contribution is 1.40. The number of benzene rings is 3. The van der Waals surface area contributed by atoms with E-state index in [0.29, 0.717) is 0 Å². The zero-order chi connectivity index (χ0) is 14.6. The van der Waals surface area contributed by atoms with Gasteiger partial charge in [0.05, 0.1) is 11.0 Å². The van der Waals surface area contributed by atoms with Crippen molar-refractivity contribution < 1.29 is 0 Å². The quantitative estimate of drug-likeness (QED) is 0.305. The van der Waals surface area contributed by atoms with E-state index in [4.69, 9.17) is 4.98 Å². The third-order valence-electron chi connectivity index (χ3n) is 4.40. The van der Waals surface area contributed by atoms with E-state index in [1.807, 2.05) is 0 Å². The number of aryl methyl sites for hydroxylation is 3. The number of fused-ring (bicyclic) bond motifs is 4. The Hall–Kier alpha value is -2.41. The molecule has 1 aromatic heterocycles. The summed E-state index contributed by atoms with van der Waals surface area (Å²) in [6.07, 6.45) is 0. The van der Waals surface area contributed by atoms with Crippen molar-refractivity contribution in [3.05, 3.63) is 65.2 Å². The first kappa shape index (κ1) is 12.3. The van der Waals surface area contributed by atoms with Crippen LogP contribution in [0.2, 0.25) is 0 Å². The number of hydrogen-bond donors (Lipinski definition) is 0. The molecule has 0 saturated carbocycles. The lowest BCUT2D eigenvalue weighted by Crippen LogP contribution is -1.91. The standard InChI is InChI=1S/C20H17N/c1-12-7-9-17-15(11-12)8-10-18-19(17)14(3)16-6-4-5-13(2)20(16)21-18/h4-11H,1-3H3. The Labute approximate surface area is 124 Å². The highest BCUT2D eigenvalue weighted by molar-refractivity contribution is 6.12. The van der Waals surface area contributed by atoms with E-state index < -0.39 is 0 Å². The predicted octanol–water partition coefficient (Wildman–Crippen LogP) is 5.47. The minimum atomic E-state index is 1.09. The van der Waals surface area contributed by atoms with Crippen LogP contribution in [-0.2, 0) is 0 Å². The lowest BCUT2D eigenvalue weighted by Gasteiger charge is -2.11. The van der Waals surface area contributed by atoms with Gasteiger partial charge in [-0.2, -0.15) is 0 Å². The Balaban J connectivity index is 2.29. The van der Waals surface area contributed by atoms with E-state index in [1.54, 1.807) is 0 Å². The second-order valence-corrected chi connectivity index (χ2v) is 5.89. The molecule has 0 atom stereocenters. The van der Waals surface area contributed by atoms with Crippen LogP contribution in [0.1, 0.15) is 16.7 Å². The Bertz CT molecular complexity index is 1010. The summed E-state index contributed by atoms with van der Waals surface area (Å²) in [5.74, 6) is 0. The Morgan fingerprint density at radius 3 is 2.52 bits per heavy atom. The van der Waals surface area contributed by atoms with Gasteiger partial charge >= 0.3 is 0 Å². The molecule has 102 valence electrons. The molecule has 1 heteroatoms. The molecule has 1 nitrogen and oxygen atoms in total. The fourth-order valence-electron chi connectivity index (χ4n) is 3.29. The number of hydrogen-bond acceptors (Lipinski definition) is 1. The van der Waals surface area contributed by atoms with Crippen molar-refractivity contribution in [2.45, 2.75) is 20.8 Å². The van der Waals surface area contributed by atoms with E-state index in [-0.39, 0.29) is 0 Å². The molecule has 0 radical (unpaired) electrons. The van der Waals surface area contributed by atoms with E-state index in [9.17, 15) is 0 Å². The zero-order valence-electron chi connectivity index (χ0n) is 12.6. The van der Waals surface area contributed by atoms with Crippen LogP contribution in [0.3, 0.4) is 0 Å². The van der Waals surface area contributed by atoms with Gasteiger partial charge in [-0.1, -0.05) is 48.0 Å². The Morgan fingerprint density at radius 2 is 1.67 bits per heavy atom. The maximum Gasteiger partial charge on any atom is 0.0741 e. The normalized spacial score (nSPS) is 11.6. The summed E-state index contributed by atoms with van der Waals surface area (Å²) in [4.78, 5) is 4.91. The van der Waals surface area contributed by atoms with Gasteiger partial charge in [0.15, 0.2) is 0 Å². The monoisotopic (exact) mass is 271 g/mol. The molecular weight excluding hydrogens is 254 g/mol. The van der Waals surface area contributed by atoms with Crippen molar-refractivity contribution in [2.24, 2.45) is 0 Å². The van der Waals surface area contributed by atoms with Crippen LogP contribution >= 0.6 is 0 Å². The molecule has 0 spiro atoms. The molecule has 0 N–H and O–H groups in total. The Morgan fingerprint density at radius 1 is 0.810 bits per heavy atom. The summed E-state index contributed by atoms with van der Waals surface area (Å²) >= 11 is 0. The molecule has 21 heavy (non-hydrogen) atoms. The second-order valence-electron chi connectivity index (χ2n) is 5.89. The summed E-state index contributed by atoms with van der Waals surface area (Å²) in [5.41, 5.74) is 6.07. The molecule has 0 aliphatic carbocycles. The van der Waals surface area contributed by atoms with Crippen LogP contribution in [0.15, 0.2) is 48.5 Å². The average Bonchev–Trinajstić information content (AvgIpc) is 2.48. The van der Waals surface area contributed by atoms with Crippen molar-refractivity contribution in [3.8, 4) is 0 Å². The highest BCUT2D eigenvalue weighted by Gasteiger charge is 2.10. The first-order valence-electron chi connectivity index (χ1n) is 7.34. The minimum Gasteiger partial charge on any atom is -0.247 e. The molecule has 0 fully saturated rings. The fourth-order valence-corrected chi connectivity index (χ4v) is 3.29. The molecule has 0 aliphatic heterocycles. The lowest BCUT2D eigenvalue weighted by atomic mass is 9.96. The van der Waals surface area contributed by atoms with Crippen molar-refractivity contribution in [1.29, 1.82) is 0 Å². The summed E-state index contributed by atoms with van der Waals surface area (Å²) < 4.78 is 0. The molecule has 1 heterocycles. The van der Waals surface area contributed by atoms with Gasteiger partial charge < -0.3 is 0 Å². The van der Waals surface area contributed by atoms with Gasteiger partial charge in [-0.3, -0.25) is 0 Å². The van der Waals surface area contributed by atoms with Crippen LogP contribution < -0.4 is 0 Å². The Kier molecular flexibility index (Phi) is 2.52. The van der Waals surface area contributed by atoms with Gasteiger partial charge in [-0.15, -0.1) is 0 Å². The minimum absolute atomic E-state index is 1.09. The molecule has 4 rings (SSSR count). The van der Waals surface area contributed by atoms with Crippen LogP contribution in [0.5, 0.6) is 0 Å². The second kappa shape index (κ2) is 4.29. The van der Waals surface area contributed by atoms with Crippen molar-refractivity contribution in [1.82, 2.24) is 4.98 Å². The number of rotatable bonds is 0. The summed E-state index contributed by atoms with van der Waals surface area (Å²) in [6.45, 7) is 6.48. The van der Waals surface area contributed by atoms with Crippen molar-refractivity contribution >= 4 is 32.6 Å². The number of pyridine rings is 1. The first-order valence-corrected chi connectivity index (χ1v) is 7.34. The highest BCUT2D eigenvalue weighted by Crippen LogP contribution is 2.32. The molecule has 0 aliphatic rings. The third-order valence-corrected chi connectivity index (χ3v) is 4.40. The number of aromatic nitrogens is 1. The summed E-state index contributed by atoms with van der Waals surface area (Å²) in [6, 6.07) is 17.4. The molecular formula is C20H17N. The van der Waals surface area contributed by atoms with E-state index >= 15 is 0 Å². The number of nitrogens with zero attached hydrogens (tertiary/aromatic N) is 1. The molecule has 0 unspecified atom stereocenters. The average molecular weight is 271 g/mol. The predicted molar refractivity (Wildman–Crippen MR) is 91.0 cm³/mol. The van der Waals surface area contributed by atoms with E-state index in [0.717, 1.165) is 11.0 Å². The zero-order valence-corrected chi connectivity index (χ0v) is 12.6. The SMILES string of the molecule is Cc1ccc2c(ccc3nc4c(C)cccc4c(C)c32)c1.